The molecule has 1 amide bonds. The summed E-state index contributed by atoms with van der Waals surface area (Å²) in [4.78, 5) is 18.4. The Hall–Kier alpha value is -1.83. The van der Waals surface area contributed by atoms with Gasteiger partial charge in [0.25, 0.3) is 0 Å². The van der Waals surface area contributed by atoms with Gasteiger partial charge < -0.3 is 10.4 Å². The van der Waals surface area contributed by atoms with Crippen LogP contribution < -0.4 is 5.32 Å². The standard InChI is InChI=1S/C16H18FN3O2S/c17-12-5-3-11(4-6-12)14(21)10-20-8-1-2-13(20)15(22)19-16-18-7-9-23-16/h3-7,9,13-14,21H,1-2,8,10H2,(H,18,19,22). The molecular formula is C16H18FN3O2S. The van der Waals surface area contributed by atoms with Crippen LogP contribution in [0.2, 0.25) is 0 Å². The molecule has 2 atom stereocenters. The van der Waals surface area contributed by atoms with E-state index in [2.05, 4.69) is 10.3 Å². The number of β-amino-alcohol motifs (C(OH)–C–C–N with tert-alkyl or cyclic N) is 1. The summed E-state index contributed by atoms with van der Waals surface area (Å²) in [7, 11) is 0. The Morgan fingerprint density at radius 2 is 2.26 bits per heavy atom. The number of nitrogens with one attached hydrogen (secondary N) is 1. The molecule has 0 radical (unpaired) electrons. The number of rotatable bonds is 5. The number of anilines is 1. The Labute approximate surface area is 137 Å². The van der Waals surface area contributed by atoms with Crippen molar-refractivity contribution in [1.29, 1.82) is 0 Å². The lowest BCUT2D eigenvalue weighted by Gasteiger charge is -2.25. The predicted octanol–water partition coefficient (Wildman–Crippen LogP) is 2.42. The number of aliphatic hydroxyl groups excluding tert-OH is 1. The van der Waals surface area contributed by atoms with E-state index in [1.54, 1.807) is 23.7 Å². The second-order valence-corrected chi connectivity index (χ2v) is 6.44. The Bertz CT molecular complexity index is 648. The van der Waals surface area contributed by atoms with Crippen molar-refractivity contribution in [2.24, 2.45) is 0 Å². The minimum absolute atomic E-state index is 0.0937. The highest BCUT2D eigenvalue weighted by atomic mass is 32.1. The van der Waals surface area contributed by atoms with Gasteiger partial charge in [0.05, 0.1) is 12.1 Å². The van der Waals surface area contributed by atoms with Gasteiger partial charge in [-0.15, -0.1) is 11.3 Å². The predicted molar refractivity (Wildman–Crippen MR) is 86.7 cm³/mol. The Balaban J connectivity index is 1.62. The molecule has 1 aromatic heterocycles. The number of carbonyl (C=O) groups is 1. The monoisotopic (exact) mass is 335 g/mol. The summed E-state index contributed by atoms with van der Waals surface area (Å²) in [6.07, 6.45) is 2.56. The summed E-state index contributed by atoms with van der Waals surface area (Å²) >= 11 is 1.38. The first kappa shape index (κ1) is 16.0. The number of likely N-dealkylation sites (tertiary alicyclic amines) is 1. The average Bonchev–Trinajstić information content (AvgIpc) is 3.19. The quantitative estimate of drug-likeness (QED) is 0.881. The average molecular weight is 335 g/mol. The number of hydrogen-bond donors (Lipinski definition) is 2. The maximum absolute atomic E-state index is 13.0. The second kappa shape index (κ2) is 7.16. The number of carbonyl (C=O) groups excluding carboxylic acids is 1. The highest BCUT2D eigenvalue weighted by Crippen LogP contribution is 2.23. The molecule has 0 bridgehead atoms. The van der Waals surface area contributed by atoms with E-state index in [0.717, 1.165) is 19.4 Å². The number of benzene rings is 1. The molecular weight excluding hydrogens is 317 g/mol. The van der Waals surface area contributed by atoms with Crippen molar-refractivity contribution in [3.8, 4) is 0 Å². The van der Waals surface area contributed by atoms with Gasteiger partial charge in [-0.1, -0.05) is 12.1 Å². The molecule has 2 N–H and O–H groups in total. The van der Waals surface area contributed by atoms with Gasteiger partial charge in [0.1, 0.15) is 5.82 Å². The number of aliphatic hydroxyl groups is 1. The van der Waals surface area contributed by atoms with Crippen molar-refractivity contribution >= 4 is 22.4 Å². The lowest BCUT2D eigenvalue weighted by Crippen LogP contribution is -2.41. The van der Waals surface area contributed by atoms with Crippen LogP contribution in [0.5, 0.6) is 0 Å². The molecule has 2 unspecified atom stereocenters. The first-order chi connectivity index (χ1) is 11.1. The Morgan fingerprint density at radius 3 is 2.96 bits per heavy atom. The first-order valence-electron chi connectivity index (χ1n) is 7.51. The molecule has 2 aromatic rings. The summed E-state index contributed by atoms with van der Waals surface area (Å²) in [6, 6.07) is 5.53. The van der Waals surface area contributed by atoms with Crippen LogP contribution in [-0.2, 0) is 4.79 Å². The van der Waals surface area contributed by atoms with Crippen molar-refractivity contribution < 1.29 is 14.3 Å². The van der Waals surface area contributed by atoms with Crippen LogP contribution in [0.4, 0.5) is 9.52 Å². The van der Waals surface area contributed by atoms with Gasteiger partial charge in [-0.3, -0.25) is 9.69 Å². The van der Waals surface area contributed by atoms with Crippen molar-refractivity contribution in [2.45, 2.75) is 25.0 Å². The van der Waals surface area contributed by atoms with Gasteiger partial charge in [0.2, 0.25) is 5.91 Å². The van der Waals surface area contributed by atoms with E-state index in [9.17, 15) is 14.3 Å². The van der Waals surface area contributed by atoms with Crippen LogP contribution >= 0.6 is 11.3 Å². The molecule has 7 heteroatoms. The zero-order valence-electron chi connectivity index (χ0n) is 12.5. The summed E-state index contributed by atoms with van der Waals surface area (Å²) in [5.41, 5.74) is 0.650. The fraction of sp³-hybridized carbons (Fsp3) is 0.375. The Kier molecular flexibility index (Phi) is 5.00. The molecule has 0 aliphatic carbocycles. The summed E-state index contributed by atoms with van der Waals surface area (Å²) in [6.45, 7) is 1.11. The topological polar surface area (TPSA) is 65.5 Å². The van der Waals surface area contributed by atoms with Gasteiger partial charge >= 0.3 is 0 Å². The first-order valence-corrected chi connectivity index (χ1v) is 8.39. The number of nitrogens with zero attached hydrogens (tertiary/aromatic N) is 2. The zero-order valence-corrected chi connectivity index (χ0v) is 13.3. The van der Waals surface area contributed by atoms with Crippen LogP contribution in [0.3, 0.4) is 0 Å². The summed E-state index contributed by atoms with van der Waals surface area (Å²) < 4.78 is 13.0. The lowest BCUT2D eigenvalue weighted by atomic mass is 10.1. The highest BCUT2D eigenvalue weighted by Gasteiger charge is 2.32. The van der Waals surface area contributed by atoms with Crippen molar-refractivity contribution in [3.63, 3.8) is 0 Å². The maximum atomic E-state index is 13.0. The van der Waals surface area contributed by atoms with Gasteiger partial charge in [0.15, 0.2) is 5.13 Å². The zero-order chi connectivity index (χ0) is 16.2. The normalized spacial score (nSPS) is 19.7. The molecule has 122 valence electrons. The van der Waals surface area contributed by atoms with E-state index in [1.807, 2.05) is 4.90 Å². The minimum atomic E-state index is -0.746. The van der Waals surface area contributed by atoms with Gasteiger partial charge in [-0.2, -0.15) is 0 Å². The van der Waals surface area contributed by atoms with E-state index >= 15 is 0 Å². The molecule has 2 heterocycles. The summed E-state index contributed by atoms with van der Waals surface area (Å²) in [5.74, 6) is -0.424. The van der Waals surface area contributed by atoms with Crippen LogP contribution in [-0.4, -0.2) is 40.0 Å². The molecule has 1 fully saturated rings. The number of amides is 1. The smallest absolute Gasteiger partial charge is 0.243 e. The van der Waals surface area contributed by atoms with Gasteiger partial charge in [-0.05, 0) is 37.1 Å². The molecule has 23 heavy (non-hydrogen) atoms. The van der Waals surface area contributed by atoms with Crippen molar-refractivity contribution in [3.05, 3.63) is 47.2 Å². The van der Waals surface area contributed by atoms with Crippen LogP contribution in [0, 0.1) is 5.82 Å². The Morgan fingerprint density at radius 1 is 1.48 bits per heavy atom. The van der Waals surface area contributed by atoms with Crippen molar-refractivity contribution in [2.75, 3.05) is 18.4 Å². The fourth-order valence-corrected chi connectivity index (χ4v) is 3.36. The molecule has 3 rings (SSSR count). The van der Waals surface area contributed by atoms with E-state index in [1.165, 1.54) is 23.5 Å². The molecule has 0 saturated carbocycles. The number of thiazole rings is 1. The largest absolute Gasteiger partial charge is 0.387 e. The number of halogens is 1. The third-order valence-electron chi connectivity index (χ3n) is 3.99. The van der Waals surface area contributed by atoms with Gasteiger partial charge in [0, 0.05) is 18.1 Å². The van der Waals surface area contributed by atoms with E-state index < -0.39 is 6.10 Å². The minimum Gasteiger partial charge on any atom is -0.387 e. The molecule has 5 nitrogen and oxygen atoms in total. The lowest BCUT2D eigenvalue weighted by molar-refractivity contribution is -0.120. The molecule has 1 saturated heterocycles. The third-order valence-corrected chi connectivity index (χ3v) is 4.68. The van der Waals surface area contributed by atoms with E-state index in [4.69, 9.17) is 0 Å². The fourth-order valence-electron chi connectivity index (χ4n) is 2.83. The third kappa shape index (κ3) is 3.93. The summed E-state index contributed by atoms with van der Waals surface area (Å²) in [5, 5.41) is 15.5. The molecule has 1 aliphatic heterocycles. The molecule has 0 spiro atoms. The number of aromatic nitrogens is 1. The van der Waals surface area contributed by atoms with Crippen LogP contribution in [0.1, 0.15) is 24.5 Å². The highest BCUT2D eigenvalue weighted by molar-refractivity contribution is 7.13. The van der Waals surface area contributed by atoms with Crippen molar-refractivity contribution in [1.82, 2.24) is 9.88 Å². The van der Waals surface area contributed by atoms with E-state index in [-0.39, 0.29) is 17.8 Å². The molecule has 1 aromatic carbocycles. The van der Waals surface area contributed by atoms with E-state index in [0.29, 0.717) is 17.2 Å². The SMILES string of the molecule is O=C(Nc1nccs1)C1CCCN1CC(O)c1ccc(F)cc1. The molecule has 1 aliphatic rings. The number of hydrogen-bond acceptors (Lipinski definition) is 5. The van der Waals surface area contributed by atoms with Crippen LogP contribution in [0.25, 0.3) is 0 Å². The van der Waals surface area contributed by atoms with Crippen LogP contribution in [0.15, 0.2) is 35.8 Å². The maximum Gasteiger partial charge on any atom is 0.243 e. The second-order valence-electron chi connectivity index (χ2n) is 5.55. The van der Waals surface area contributed by atoms with Gasteiger partial charge in [-0.25, -0.2) is 9.37 Å².